The molecule has 4 fully saturated rings. The Morgan fingerprint density at radius 1 is 1.03 bits per heavy atom. The molecule has 2 aliphatic carbocycles. The topological polar surface area (TPSA) is 85.8 Å². The monoisotopic (exact) mass is 522 g/mol. The normalized spacial score (nSPS) is 28.1. The second-order valence-corrected chi connectivity index (χ2v) is 11.8. The molecule has 1 spiro atoms. The summed E-state index contributed by atoms with van der Waals surface area (Å²) >= 11 is 6.77. The van der Waals surface area contributed by atoms with Crippen LogP contribution in [0.1, 0.15) is 68.1 Å². The average molecular weight is 523 g/mol. The van der Waals surface area contributed by atoms with Crippen LogP contribution in [0.15, 0.2) is 36.5 Å². The second-order valence-electron chi connectivity index (χ2n) is 11.4. The van der Waals surface area contributed by atoms with Crippen molar-refractivity contribution >= 4 is 29.2 Å². The van der Waals surface area contributed by atoms with E-state index < -0.39 is 0 Å². The number of hydrogen-bond donors (Lipinski definition) is 2. The fraction of sp³-hybridized carbons (Fsp3) is 0.552. The number of amides is 2. The number of aliphatic hydroxyl groups is 1. The van der Waals surface area contributed by atoms with Gasteiger partial charge in [0, 0.05) is 49.0 Å². The SMILES string of the molecule is O=C(NC1CC1)c1ccc(-c2cnc(N3CCC[C@]4(CCN(C5CCC(O)CC5)C4=O)C3)c(Cl)c2)cc1. The maximum Gasteiger partial charge on any atom is 0.251 e. The van der Waals surface area contributed by atoms with E-state index >= 15 is 0 Å². The summed E-state index contributed by atoms with van der Waals surface area (Å²) in [6.45, 7) is 2.29. The Bertz CT molecular complexity index is 1180. The van der Waals surface area contributed by atoms with Gasteiger partial charge in [0.15, 0.2) is 0 Å². The summed E-state index contributed by atoms with van der Waals surface area (Å²) in [6, 6.07) is 10.1. The van der Waals surface area contributed by atoms with E-state index in [0.29, 0.717) is 23.2 Å². The van der Waals surface area contributed by atoms with Crippen molar-refractivity contribution in [2.24, 2.45) is 5.41 Å². The van der Waals surface area contributed by atoms with Gasteiger partial charge < -0.3 is 20.2 Å². The number of carbonyl (C=O) groups is 2. The van der Waals surface area contributed by atoms with E-state index in [2.05, 4.69) is 15.1 Å². The lowest BCUT2D eigenvalue weighted by molar-refractivity contribution is -0.139. The predicted octanol–water partition coefficient (Wildman–Crippen LogP) is 4.42. The van der Waals surface area contributed by atoms with Gasteiger partial charge in [0.2, 0.25) is 5.91 Å². The third kappa shape index (κ3) is 4.96. The molecule has 0 unspecified atom stereocenters. The minimum Gasteiger partial charge on any atom is -0.393 e. The molecule has 1 aromatic heterocycles. The number of aromatic nitrogens is 1. The number of likely N-dealkylation sites (tertiary alicyclic amines) is 1. The van der Waals surface area contributed by atoms with Crippen LogP contribution in [0.5, 0.6) is 0 Å². The third-order valence-electron chi connectivity index (χ3n) is 8.74. The molecule has 2 aliphatic heterocycles. The summed E-state index contributed by atoms with van der Waals surface area (Å²) in [6.07, 6.45) is 9.84. The molecule has 2 amide bonds. The zero-order chi connectivity index (χ0) is 25.6. The van der Waals surface area contributed by atoms with Crippen LogP contribution in [0.2, 0.25) is 5.02 Å². The predicted molar refractivity (Wildman–Crippen MR) is 144 cm³/mol. The van der Waals surface area contributed by atoms with Gasteiger partial charge in [-0.1, -0.05) is 23.7 Å². The van der Waals surface area contributed by atoms with Gasteiger partial charge in [-0.05, 0) is 81.5 Å². The Balaban J connectivity index is 1.15. The van der Waals surface area contributed by atoms with Gasteiger partial charge in [0.05, 0.1) is 16.5 Å². The first-order chi connectivity index (χ1) is 17.9. The first kappa shape index (κ1) is 24.7. The maximum absolute atomic E-state index is 13.7. The van der Waals surface area contributed by atoms with Crippen molar-refractivity contribution in [3.8, 4) is 11.1 Å². The van der Waals surface area contributed by atoms with Gasteiger partial charge in [-0.15, -0.1) is 0 Å². The minimum absolute atomic E-state index is 0.0271. The Labute approximate surface area is 223 Å². The zero-order valence-corrected chi connectivity index (χ0v) is 21.9. The van der Waals surface area contributed by atoms with Gasteiger partial charge in [0.1, 0.15) is 5.82 Å². The largest absolute Gasteiger partial charge is 0.393 e. The Morgan fingerprint density at radius 3 is 2.49 bits per heavy atom. The van der Waals surface area contributed by atoms with Crippen LogP contribution in [0.4, 0.5) is 5.82 Å². The van der Waals surface area contributed by atoms with Crippen LogP contribution in [-0.2, 0) is 4.79 Å². The van der Waals surface area contributed by atoms with Crippen LogP contribution < -0.4 is 10.2 Å². The fourth-order valence-electron chi connectivity index (χ4n) is 6.39. The molecule has 196 valence electrons. The molecule has 4 aliphatic rings. The summed E-state index contributed by atoms with van der Waals surface area (Å²) in [5.74, 6) is 0.981. The highest BCUT2D eigenvalue weighted by atomic mass is 35.5. The highest BCUT2D eigenvalue weighted by Crippen LogP contribution is 2.44. The molecular weight excluding hydrogens is 488 g/mol. The van der Waals surface area contributed by atoms with Crippen LogP contribution in [0, 0.1) is 5.41 Å². The van der Waals surface area contributed by atoms with Gasteiger partial charge >= 0.3 is 0 Å². The average Bonchev–Trinajstić information content (AvgIpc) is 3.68. The number of aliphatic hydroxyl groups excluding tert-OH is 1. The number of pyridine rings is 1. The Kier molecular flexibility index (Phi) is 6.61. The smallest absolute Gasteiger partial charge is 0.251 e. The number of nitrogens with one attached hydrogen (secondary N) is 1. The molecule has 6 rings (SSSR count). The van der Waals surface area contributed by atoms with Crippen LogP contribution in [0.3, 0.4) is 0 Å². The number of nitrogens with zero attached hydrogens (tertiary/aromatic N) is 3. The molecule has 0 bridgehead atoms. The van der Waals surface area contributed by atoms with Crippen molar-refractivity contribution in [1.29, 1.82) is 0 Å². The molecule has 3 heterocycles. The van der Waals surface area contributed by atoms with Gasteiger partial charge in [-0.3, -0.25) is 9.59 Å². The van der Waals surface area contributed by atoms with Crippen molar-refractivity contribution < 1.29 is 14.7 Å². The van der Waals surface area contributed by atoms with E-state index in [9.17, 15) is 14.7 Å². The molecule has 7 nitrogen and oxygen atoms in total. The highest BCUT2D eigenvalue weighted by molar-refractivity contribution is 6.33. The van der Waals surface area contributed by atoms with Gasteiger partial charge in [0.25, 0.3) is 5.91 Å². The molecule has 2 aromatic rings. The zero-order valence-electron chi connectivity index (χ0n) is 21.2. The molecule has 2 saturated carbocycles. The van der Waals surface area contributed by atoms with E-state index in [4.69, 9.17) is 16.6 Å². The summed E-state index contributed by atoms with van der Waals surface area (Å²) in [5, 5.41) is 13.5. The van der Waals surface area contributed by atoms with Gasteiger partial charge in [-0.25, -0.2) is 4.98 Å². The summed E-state index contributed by atoms with van der Waals surface area (Å²) < 4.78 is 0. The molecule has 1 aromatic carbocycles. The molecule has 8 heteroatoms. The van der Waals surface area contributed by atoms with Crippen LogP contribution in [-0.4, -0.2) is 64.6 Å². The molecule has 1 atom stereocenters. The van der Waals surface area contributed by atoms with Crippen molar-refractivity contribution in [3.63, 3.8) is 0 Å². The van der Waals surface area contributed by atoms with E-state index in [-0.39, 0.29) is 29.4 Å². The lowest BCUT2D eigenvalue weighted by Gasteiger charge is -2.41. The second kappa shape index (κ2) is 9.91. The van der Waals surface area contributed by atoms with Crippen molar-refractivity contribution in [1.82, 2.24) is 15.2 Å². The number of anilines is 1. The first-order valence-corrected chi connectivity index (χ1v) is 14.1. The summed E-state index contributed by atoms with van der Waals surface area (Å²) in [4.78, 5) is 35.0. The Hall–Kier alpha value is -2.64. The fourth-order valence-corrected chi connectivity index (χ4v) is 6.67. The third-order valence-corrected chi connectivity index (χ3v) is 9.02. The number of carbonyl (C=O) groups excluding carboxylic acids is 2. The van der Waals surface area contributed by atoms with Crippen molar-refractivity contribution in [2.75, 3.05) is 24.5 Å². The quantitative estimate of drug-likeness (QED) is 0.607. The number of halogens is 1. The lowest BCUT2D eigenvalue weighted by atomic mass is 9.78. The van der Waals surface area contributed by atoms with E-state index in [1.807, 2.05) is 36.5 Å². The van der Waals surface area contributed by atoms with Crippen LogP contribution in [0.25, 0.3) is 11.1 Å². The van der Waals surface area contributed by atoms with Crippen molar-refractivity contribution in [3.05, 3.63) is 47.1 Å². The summed E-state index contributed by atoms with van der Waals surface area (Å²) in [5.41, 5.74) is 2.15. The molecule has 0 radical (unpaired) electrons. The van der Waals surface area contributed by atoms with Crippen LogP contribution >= 0.6 is 11.6 Å². The number of benzene rings is 1. The Morgan fingerprint density at radius 2 is 1.78 bits per heavy atom. The minimum atomic E-state index is -0.366. The molecular formula is C29H35ClN4O3. The van der Waals surface area contributed by atoms with Gasteiger partial charge in [-0.2, -0.15) is 0 Å². The first-order valence-electron chi connectivity index (χ1n) is 13.7. The van der Waals surface area contributed by atoms with E-state index in [1.54, 1.807) is 0 Å². The maximum atomic E-state index is 13.7. The highest BCUT2D eigenvalue weighted by Gasteiger charge is 2.51. The van der Waals surface area contributed by atoms with E-state index in [1.165, 1.54) is 0 Å². The standard InChI is InChI=1S/C29H35ClN4O3/c30-25-16-21(19-2-4-20(5-3-19)27(36)32-22-6-7-22)17-31-26(25)33-14-1-12-29(18-33)13-15-34(28(29)37)23-8-10-24(35)11-9-23/h2-5,16-17,22-24,35H,1,6-15,18H2,(H,32,36)/t23?,24?,29-/m0/s1. The molecule has 37 heavy (non-hydrogen) atoms. The number of hydrogen-bond acceptors (Lipinski definition) is 5. The number of rotatable bonds is 5. The summed E-state index contributed by atoms with van der Waals surface area (Å²) in [7, 11) is 0. The van der Waals surface area contributed by atoms with Crippen molar-refractivity contribution in [2.45, 2.75) is 76.0 Å². The van der Waals surface area contributed by atoms with E-state index in [0.717, 1.165) is 87.8 Å². The molecule has 2 N–H and O–H groups in total. The lowest BCUT2D eigenvalue weighted by Crippen LogP contribution is -2.50. The number of piperidine rings is 1. The molecule has 2 saturated heterocycles.